The van der Waals surface area contributed by atoms with E-state index in [4.69, 9.17) is 0 Å². The Morgan fingerprint density at radius 1 is 1.07 bits per heavy atom. The van der Waals surface area contributed by atoms with Crippen LogP contribution in [0.3, 0.4) is 0 Å². The average Bonchev–Trinajstić information content (AvgIpc) is 3.29. The zero-order valence-corrected chi connectivity index (χ0v) is 18.9. The molecule has 0 aliphatic carbocycles. The van der Waals surface area contributed by atoms with E-state index in [0.29, 0.717) is 11.4 Å². The number of fused-ring (bicyclic) bond motifs is 1. The first kappa shape index (κ1) is 21.2. The van der Waals surface area contributed by atoms with Crippen molar-refractivity contribution in [3.63, 3.8) is 0 Å². The van der Waals surface area contributed by atoms with Crippen LogP contribution < -0.4 is 4.72 Å². The zero-order valence-electron chi connectivity index (χ0n) is 17.3. The molecule has 30 heavy (non-hydrogen) atoms. The molecule has 4 nitrogen and oxygen atoms in total. The van der Waals surface area contributed by atoms with Crippen molar-refractivity contribution in [1.82, 2.24) is 9.62 Å². The topological polar surface area (TPSA) is 49.4 Å². The molecular formula is C24H28N2O2S2. The summed E-state index contributed by atoms with van der Waals surface area (Å²) in [6, 6.07) is 17.9. The average molecular weight is 441 g/mol. The Morgan fingerprint density at radius 3 is 2.53 bits per heavy atom. The number of thiophene rings is 1. The van der Waals surface area contributed by atoms with Crippen molar-refractivity contribution < 1.29 is 8.42 Å². The number of nitrogens with zero attached hydrogens (tertiary/aromatic N) is 1. The van der Waals surface area contributed by atoms with Crippen molar-refractivity contribution in [2.75, 3.05) is 13.1 Å². The highest BCUT2D eigenvalue weighted by atomic mass is 32.2. The second-order valence-corrected chi connectivity index (χ2v) is 10.4. The van der Waals surface area contributed by atoms with Crippen molar-refractivity contribution in [2.24, 2.45) is 0 Å². The summed E-state index contributed by atoms with van der Waals surface area (Å²) in [7, 11) is -3.55. The number of sulfonamides is 1. The van der Waals surface area contributed by atoms with Gasteiger partial charge >= 0.3 is 0 Å². The van der Waals surface area contributed by atoms with Gasteiger partial charge in [-0.25, -0.2) is 13.1 Å². The highest BCUT2D eigenvalue weighted by molar-refractivity contribution is 7.89. The monoisotopic (exact) mass is 440 g/mol. The van der Waals surface area contributed by atoms with Crippen LogP contribution in [0.4, 0.5) is 0 Å². The Kier molecular flexibility index (Phi) is 6.68. The molecular weight excluding hydrogens is 412 g/mol. The van der Waals surface area contributed by atoms with Gasteiger partial charge in [0.25, 0.3) is 0 Å². The molecule has 1 aliphatic heterocycles. The molecule has 1 N–H and O–H groups in total. The maximum atomic E-state index is 12.9. The molecule has 1 aromatic heterocycles. The Morgan fingerprint density at radius 2 is 1.83 bits per heavy atom. The molecule has 0 bridgehead atoms. The van der Waals surface area contributed by atoms with Crippen LogP contribution in [0.15, 0.2) is 70.3 Å². The van der Waals surface area contributed by atoms with Gasteiger partial charge in [-0.05, 0) is 64.1 Å². The summed E-state index contributed by atoms with van der Waals surface area (Å²) in [5.74, 6) is 0. The van der Waals surface area contributed by atoms with E-state index in [0.717, 1.165) is 32.4 Å². The molecule has 2 heterocycles. The summed E-state index contributed by atoms with van der Waals surface area (Å²) < 4.78 is 28.7. The lowest BCUT2D eigenvalue weighted by molar-refractivity contribution is 0.181. The molecule has 6 heteroatoms. The summed E-state index contributed by atoms with van der Waals surface area (Å²) in [5.41, 5.74) is 5.06. The van der Waals surface area contributed by atoms with Crippen molar-refractivity contribution in [1.29, 1.82) is 0 Å². The summed E-state index contributed by atoms with van der Waals surface area (Å²) >= 11 is 1.65. The lowest BCUT2D eigenvalue weighted by Gasteiger charge is -2.35. The lowest BCUT2D eigenvalue weighted by atomic mass is 9.97. The van der Waals surface area contributed by atoms with Crippen molar-refractivity contribution in [3.05, 3.63) is 87.6 Å². The number of aryl methyl sites for hydroxylation is 1. The Bertz CT molecular complexity index is 1060. The number of rotatable bonds is 8. The van der Waals surface area contributed by atoms with Crippen LogP contribution in [0, 0.1) is 0 Å². The van der Waals surface area contributed by atoms with Crippen molar-refractivity contribution in [2.45, 2.75) is 43.7 Å². The predicted octanol–water partition coefficient (Wildman–Crippen LogP) is 4.78. The van der Waals surface area contributed by atoms with E-state index in [1.54, 1.807) is 23.5 Å². The van der Waals surface area contributed by atoms with Crippen LogP contribution >= 0.6 is 11.3 Å². The Hall–Kier alpha value is -1.99. The number of benzene rings is 2. The minimum atomic E-state index is -3.55. The standard InChI is InChI=1S/C24H28N2O2S2/c1-2-5-19-8-10-23(11-9-19)30(27,28)25-16-24(22-13-15-29-18-22)26-14-12-20-6-3-4-7-21(20)17-26/h3-4,6-11,13,15,18,24-25H,2,5,12,14,16-17H2,1H3. The van der Waals surface area contributed by atoms with E-state index in [1.165, 1.54) is 22.3 Å². The molecule has 2 aromatic carbocycles. The molecule has 0 saturated carbocycles. The Balaban J connectivity index is 1.50. The Labute approximate surface area is 183 Å². The van der Waals surface area contributed by atoms with E-state index >= 15 is 0 Å². The molecule has 158 valence electrons. The van der Waals surface area contributed by atoms with Crippen molar-refractivity contribution in [3.8, 4) is 0 Å². The van der Waals surface area contributed by atoms with Gasteiger partial charge in [-0.2, -0.15) is 11.3 Å². The van der Waals surface area contributed by atoms with Crippen LogP contribution in [0.5, 0.6) is 0 Å². The molecule has 0 fully saturated rings. The second kappa shape index (κ2) is 9.43. The van der Waals surface area contributed by atoms with Crippen LogP contribution in [0.2, 0.25) is 0 Å². The second-order valence-electron chi connectivity index (χ2n) is 7.81. The molecule has 1 aliphatic rings. The fraction of sp³-hybridized carbons (Fsp3) is 0.333. The van der Waals surface area contributed by atoms with Gasteiger partial charge < -0.3 is 0 Å². The summed E-state index contributed by atoms with van der Waals surface area (Å²) in [6.45, 7) is 4.24. The van der Waals surface area contributed by atoms with Gasteiger partial charge in [-0.15, -0.1) is 0 Å². The highest BCUT2D eigenvalue weighted by Crippen LogP contribution is 2.29. The summed E-state index contributed by atoms with van der Waals surface area (Å²) in [5, 5.41) is 4.18. The van der Waals surface area contributed by atoms with Crippen LogP contribution in [-0.2, 0) is 29.4 Å². The lowest BCUT2D eigenvalue weighted by Crippen LogP contribution is -2.40. The third kappa shape index (κ3) is 4.83. The number of hydrogen-bond acceptors (Lipinski definition) is 4. The van der Waals surface area contributed by atoms with Gasteiger partial charge in [0.2, 0.25) is 10.0 Å². The van der Waals surface area contributed by atoms with Crippen LogP contribution in [-0.4, -0.2) is 26.4 Å². The molecule has 1 unspecified atom stereocenters. The van der Waals surface area contributed by atoms with Crippen molar-refractivity contribution >= 4 is 21.4 Å². The zero-order chi connectivity index (χ0) is 21.0. The SMILES string of the molecule is CCCc1ccc(S(=O)(=O)NCC(c2ccsc2)N2CCc3ccccc3C2)cc1. The van der Waals surface area contributed by atoms with Gasteiger partial charge in [0.15, 0.2) is 0 Å². The third-order valence-electron chi connectivity index (χ3n) is 5.77. The third-order valence-corrected chi connectivity index (χ3v) is 7.91. The van der Waals surface area contributed by atoms with E-state index in [-0.39, 0.29) is 6.04 Å². The van der Waals surface area contributed by atoms with Crippen LogP contribution in [0.1, 0.15) is 41.6 Å². The van der Waals surface area contributed by atoms with E-state index in [2.05, 4.69) is 57.6 Å². The molecule has 0 radical (unpaired) electrons. The van der Waals surface area contributed by atoms with Crippen LogP contribution in [0.25, 0.3) is 0 Å². The first-order valence-corrected chi connectivity index (χ1v) is 12.9. The van der Waals surface area contributed by atoms with Gasteiger partial charge in [0, 0.05) is 25.7 Å². The quantitative estimate of drug-likeness (QED) is 0.548. The molecule has 0 saturated heterocycles. The molecule has 1 atom stereocenters. The van der Waals surface area contributed by atoms with Gasteiger partial charge in [0.05, 0.1) is 4.90 Å². The fourth-order valence-corrected chi connectivity index (χ4v) is 5.85. The minimum Gasteiger partial charge on any atom is -0.290 e. The summed E-state index contributed by atoms with van der Waals surface area (Å²) in [6.07, 6.45) is 3.00. The number of hydrogen-bond donors (Lipinski definition) is 1. The van der Waals surface area contributed by atoms with Gasteiger partial charge in [-0.3, -0.25) is 4.90 Å². The largest absolute Gasteiger partial charge is 0.290 e. The smallest absolute Gasteiger partial charge is 0.240 e. The van der Waals surface area contributed by atoms with Gasteiger partial charge in [-0.1, -0.05) is 49.7 Å². The summed E-state index contributed by atoms with van der Waals surface area (Å²) in [4.78, 5) is 2.72. The fourth-order valence-electron chi connectivity index (χ4n) is 4.10. The van der Waals surface area contributed by atoms with E-state index in [9.17, 15) is 8.42 Å². The molecule has 0 amide bonds. The normalized spacial score (nSPS) is 15.6. The van der Waals surface area contributed by atoms with Gasteiger partial charge in [0.1, 0.15) is 0 Å². The molecule has 4 rings (SSSR count). The first-order chi connectivity index (χ1) is 14.6. The molecule has 3 aromatic rings. The highest BCUT2D eigenvalue weighted by Gasteiger charge is 2.27. The minimum absolute atomic E-state index is 0.0127. The first-order valence-electron chi connectivity index (χ1n) is 10.5. The van der Waals surface area contributed by atoms with E-state index in [1.807, 2.05) is 12.1 Å². The maximum Gasteiger partial charge on any atom is 0.240 e. The van der Waals surface area contributed by atoms with E-state index < -0.39 is 10.0 Å². The molecule has 0 spiro atoms. The maximum absolute atomic E-state index is 12.9. The predicted molar refractivity (Wildman–Crippen MR) is 123 cm³/mol. The number of nitrogens with one attached hydrogen (secondary N) is 1.